The van der Waals surface area contributed by atoms with Gasteiger partial charge in [-0.15, -0.1) is 0 Å². The third-order valence-electron chi connectivity index (χ3n) is 3.07. The maximum absolute atomic E-state index is 11.7. The van der Waals surface area contributed by atoms with Crippen LogP contribution in [0, 0.1) is 6.92 Å². The highest BCUT2D eigenvalue weighted by atomic mass is 79.9. The van der Waals surface area contributed by atoms with Gasteiger partial charge in [0.2, 0.25) is 0 Å². The number of halogens is 1. The van der Waals surface area contributed by atoms with Crippen molar-refractivity contribution in [2.24, 2.45) is 0 Å². The lowest BCUT2D eigenvalue weighted by molar-refractivity contribution is -0.123. The molecule has 2 aromatic rings. The molecule has 2 aromatic carbocycles. The molecule has 0 saturated carbocycles. The SMILES string of the molecule is Cc1cc(Br)ccc1OCC(=O)NCCc1ccccc1. The number of carbonyl (C=O) groups excluding carboxylic acids is 1. The monoisotopic (exact) mass is 347 g/mol. The van der Waals surface area contributed by atoms with Crippen molar-refractivity contribution >= 4 is 21.8 Å². The molecule has 0 unspecified atom stereocenters. The van der Waals surface area contributed by atoms with Gasteiger partial charge in [-0.1, -0.05) is 46.3 Å². The number of nitrogens with one attached hydrogen (secondary N) is 1. The molecule has 0 radical (unpaired) electrons. The summed E-state index contributed by atoms with van der Waals surface area (Å²) in [4.78, 5) is 11.7. The second-order valence-electron chi connectivity index (χ2n) is 4.78. The van der Waals surface area contributed by atoms with Crippen LogP contribution in [0.5, 0.6) is 5.75 Å². The number of carbonyl (C=O) groups is 1. The van der Waals surface area contributed by atoms with Crippen LogP contribution in [0.25, 0.3) is 0 Å². The Morgan fingerprint density at radius 1 is 1.19 bits per heavy atom. The van der Waals surface area contributed by atoms with Crippen molar-refractivity contribution < 1.29 is 9.53 Å². The van der Waals surface area contributed by atoms with Crippen molar-refractivity contribution in [3.05, 3.63) is 64.1 Å². The van der Waals surface area contributed by atoms with E-state index < -0.39 is 0 Å². The summed E-state index contributed by atoms with van der Waals surface area (Å²) in [6, 6.07) is 15.8. The molecule has 0 atom stereocenters. The standard InChI is InChI=1S/C17H18BrNO2/c1-13-11-15(18)7-8-16(13)21-12-17(20)19-10-9-14-5-3-2-4-6-14/h2-8,11H,9-10,12H2,1H3,(H,19,20). The smallest absolute Gasteiger partial charge is 0.257 e. The molecule has 1 N–H and O–H groups in total. The third-order valence-corrected chi connectivity index (χ3v) is 3.57. The Hall–Kier alpha value is -1.81. The topological polar surface area (TPSA) is 38.3 Å². The number of ether oxygens (including phenoxy) is 1. The van der Waals surface area contributed by atoms with Gasteiger partial charge in [-0.3, -0.25) is 4.79 Å². The summed E-state index contributed by atoms with van der Waals surface area (Å²) in [6.07, 6.45) is 0.823. The molecule has 0 bridgehead atoms. The van der Waals surface area contributed by atoms with E-state index in [4.69, 9.17) is 4.74 Å². The lowest BCUT2D eigenvalue weighted by atomic mass is 10.1. The predicted molar refractivity (Wildman–Crippen MR) is 87.5 cm³/mol. The van der Waals surface area contributed by atoms with Gasteiger partial charge in [0.15, 0.2) is 6.61 Å². The van der Waals surface area contributed by atoms with E-state index in [1.807, 2.05) is 55.5 Å². The zero-order chi connectivity index (χ0) is 15.1. The van der Waals surface area contributed by atoms with Crippen molar-refractivity contribution in [3.63, 3.8) is 0 Å². The summed E-state index contributed by atoms with van der Waals surface area (Å²) in [6.45, 7) is 2.61. The van der Waals surface area contributed by atoms with Crippen LogP contribution < -0.4 is 10.1 Å². The lowest BCUT2D eigenvalue weighted by Crippen LogP contribution is -2.30. The summed E-state index contributed by atoms with van der Waals surface area (Å²) in [5.74, 6) is 0.629. The van der Waals surface area contributed by atoms with Crippen LogP contribution in [0.15, 0.2) is 53.0 Å². The lowest BCUT2D eigenvalue weighted by Gasteiger charge is -2.10. The van der Waals surface area contributed by atoms with Gasteiger partial charge in [0.1, 0.15) is 5.75 Å². The number of rotatable bonds is 6. The van der Waals surface area contributed by atoms with Crippen molar-refractivity contribution in [2.75, 3.05) is 13.2 Å². The molecule has 1 amide bonds. The average Bonchev–Trinajstić information content (AvgIpc) is 2.47. The fraction of sp³-hybridized carbons (Fsp3) is 0.235. The summed E-state index contributed by atoms with van der Waals surface area (Å²) < 4.78 is 6.52. The summed E-state index contributed by atoms with van der Waals surface area (Å²) in [5.41, 5.74) is 2.21. The fourth-order valence-electron chi connectivity index (χ4n) is 1.96. The Kier molecular flexibility index (Phi) is 5.81. The van der Waals surface area contributed by atoms with E-state index in [1.165, 1.54) is 5.56 Å². The number of hydrogen-bond acceptors (Lipinski definition) is 2. The van der Waals surface area contributed by atoms with E-state index in [-0.39, 0.29) is 12.5 Å². The zero-order valence-electron chi connectivity index (χ0n) is 11.9. The first-order valence-electron chi connectivity index (χ1n) is 6.85. The van der Waals surface area contributed by atoms with Crippen LogP contribution >= 0.6 is 15.9 Å². The van der Waals surface area contributed by atoms with E-state index in [0.29, 0.717) is 6.54 Å². The minimum atomic E-state index is -0.103. The first-order valence-corrected chi connectivity index (χ1v) is 7.64. The van der Waals surface area contributed by atoms with Crippen LogP contribution in [0.3, 0.4) is 0 Å². The van der Waals surface area contributed by atoms with E-state index in [1.54, 1.807) is 0 Å². The molecule has 0 aromatic heterocycles. The minimum absolute atomic E-state index is 0.0390. The number of amides is 1. The number of benzene rings is 2. The summed E-state index contributed by atoms with van der Waals surface area (Å²) >= 11 is 3.40. The molecule has 0 fully saturated rings. The molecule has 110 valence electrons. The maximum atomic E-state index is 11.7. The van der Waals surface area contributed by atoms with Crippen LogP contribution in [0.4, 0.5) is 0 Å². The Balaban J connectivity index is 1.72. The molecule has 2 rings (SSSR count). The first-order chi connectivity index (χ1) is 10.1. The van der Waals surface area contributed by atoms with E-state index >= 15 is 0 Å². The highest BCUT2D eigenvalue weighted by Crippen LogP contribution is 2.21. The highest BCUT2D eigenvalue weighted by molar-refractivity contribution is 9.10. The molecule has 0 spiro atoms. The van der Waals surface area contributed by atoms with Crippen LogP contribution in [0.1, 0.15) is 11.1 Å². The zero-order valence-corrected chi connectivity index (χ0v) is 13.5. The fourth-order valence-corrected chi connectivity index (χ4v) is 2.44. The van der Waals surface area contributed by atoms with Crippen LogP contribution in [-0.2, 0) is 11.2 Å². The highest BCUT2D eigenvalue weighted by Gasteiger charge is 2.05. The molecule has 21 heavy (non-hydrogen) atoms. The Bertz CT molecular complexity index is 599. The van der Waals surface area contributed by atoms with Crippen molar-refractivity contribution in [2.45, 2.75) is 13.3 Å². The van der Waals surface area contributed by atoms with Gasteiger partial charge < -0.3 is 10.1 Å². The molecule has 4 heteroatoms. The second kappa shape index (κ2) is 7.84. The third kappa shape index (κ3) is 5.23. The van der Waals surface area contributed by atoms with Crippen molar-refractivity contribution in [1.29, 1.82) is 0 Å². The van der Waals surface area contributed by atoms with Gasteiger partial charge in [0, 0.05) is 11.0 Å². The van der Waals surface area contributed by atoms with Crippen LogP contribution in [-0.4, -0.2) is 19.1 Å². The first kappa shape index (κ1) is 15.6. The Morgan fingerprint density at radius 3 is 2.67 bits per heavy atom. The largest absolute Gasteiger partial charge is 0.484 e. The van der Waals surface area contributed by atoms with E-state index in [2.05, 4.69) is 21.2 Å². The second-order valence-corrected chi connectivity index (χ2v) is 5.70. The van der Waals surface area contributed by atoms with Crippen LogP contribution in [0.2, 0.25) is 0 Å². The molecule has 0 aliphatic rings. The maximum Gasteiger partial charge on any atom is 0.257 e. The van der Waals surface area contributed by atoms with Crippen molar-refractivity contribution in [1.82, 2.24) is 5.32 Å². The van der Waals surface area contributed by atoms with Gasteiger partial charge >= 0.3 is 0 Å². The Morgan fingerprint density at radius 2 is 1.95 bits per heavy atom. The number of aryl methyl sites for hydroxylation is 1. The molecule has 0 saturated heterocycles. The minimum Gasteiger partial charge on any atom is -0.484 e. The molecule has 0 heterocycles. The van der Waals surface area contributed by atoms with Gasteiger partial charge in [0.05, 0.1) is 0 Å². The Labute approximate surface area is 133 Å². The van der Waals surface area contributed by atoms with Crippen molar-refractivity contribution in [3.8, 4) is 5.75 Å². The quantitative estimate of drug-likeness (QED) is 0.868. The van der Waals surface area contributed by atoms with E-state index in [9.17, 15) is 4.79 Å². The summed E-state index contributed by atoms with van der Waals surface area (Å²) in [7, 11) is 0. The van der Waals surface area contributed by atoms with Gasteiger partial charge in [-0.2, -0.15) is 0 Å². The van der Waals surface area contributed by atoms with Gasteiger partial charge in [-0.25, -0.2) is 0 Å². The summed E-state index contributed by atoms with van der Waals surface area (Å²) in [5, 5.41) is 2.86. The molecule has 0 aliphatic carbocycles. The van der Waals surface area contributed by atoms with E-state index in [0.717, 1.165) is 22.2 Å². The van der Waals surface area contributed by atoms with Gasteiger partial charge in [-0.05, 0) is 42.7 Å². The normalized spacial score (nSPS) is 10.2. The van der Waals surface area contributed by atoms with Gasteiger partial charge in [0.25, 0.3) is 5.91 Å². The molecular weight excluding hydrogens is 330 g/mol. The predicted octanol–water partition coefficient (Wildman–Crippen LogP) is 3.50. The number of hydrogen-bond donors (Lipinski definition) is 1. The molecule has 0 aliphatic heterocycles. The molecule has 3 nitrogen and oxygen atoms in total. The average molecular weight is 348 g/mol. The molecular formula is C17H18BrNO2.